The Labute approximate surface area is 271 Å². The minimum atomic E-state index is -2.51. The second-order valence-corrected chi connectivity index (χ2v) is 23.7. The maximum absolute atomic E-state index is 11.8. The Hall–Kier alpha value is -2.97. The molecule has 3 nitrogen and oxygen atoms in total. The fourth-order valence-electron chi connectivity index (χ4n) is 6.33. The molecule has 0 aliphatic heterocycles. The number of carbonyl (C=O) groups excluding carboxylic acids is 1. The monoisotopic (exact) mass is 642 g/mol. The molecule has 0 amide bonds. The molecule has 0 saturated heterocycles. The smallest absolute Gasteiger partial charge is 0.308 e. The van der Waals surface area contributed by atoms with E-state index in [0.717, 1.165) is 12.8 Å². The van der Waals surface area contributed by atoms with Crippen LogP contribution in [-0.2, 0) is 14.0 Å². The van der Waals surface area contributed by atoms with Crippen LogP contribution in [0.3, 0.4) is 0 Å². The summed E-state index contributed by atoms with van der Waals surface area (Å²) in [4.78, 5) is 11.8. The molecule has 0 N–H and O–H groups in total. The van der Waals surface area contributed by atoms with Crippen LogP contribution < -0.4 is 20.7 Å². The first-order valence-corrected chi connectivity index (χ1v) is 20.4. The van der Waals surface area contributed by atoms with E-state index in [1.165, 1.54) is 27.9 Å². The van der Waals surface area contributed by atoms with Gasteiger partial charge in [0.25, 0.3) is 8.32 Å². The molecule has 0 unspecified atom stereocenters. The average molecular weight is 643 g/mol. The SMILES string of the molecule is CC(C)(C)[Si](Cl)(c1ccccc1)c1ccccc1.COC(=O)C1CC(O[Si](c2ccccc2)(c2ccccc2)C(C)(C)C)C1. The van der Waals surface area contributed by atoms with E-state index in [1.54, 1.807) is 0 Å². The molecule has 0 heterocycles. The van der Waals surface area contributed by atoms with Gasteiger partial charge in [0.05, 0.1) is 13.0 Å². The molecule has 0 aromatic heterocycles. The highest BCUT2D eigenvalue weighted by atomic mass is 35.6. The summed E-state index contributed by atoms with van der Waals surface area (Å²) in [5, 5.41) is 5.15. The number of rotatable bonds is 7. The van der Waals surface area contributed by atoms with Crippen molar-refractivity contribution in [2.75, 3.05) is 7.11 Å². The highest BCUT2D eigenvalue weighted by Gasteiger charge is 2.53. The third-order valence-electron chi connectivity index (χ3n) is 8.77. The number of esters is 1. The Morgan fingerprint density at radius 2 is 0.955 bits per heavy atom. The number of carbonyl (C=O) groups is 1. The summed E-state index contributed by atoms with van der Waals surface area (Å²) < 4.78 is 11.9. The number of ether oxygens (including phenoxy) is 1. The lowest BCUT2D eigenvalue weighted by molar-refractivity contribution is -0.151. The summed E-state index contributed by atoms with van der Waals surface area (Å²) in [7, 11) is -3.28. The molecule has 0 spiro atoms. The van der Waals surface area contributed by atoms with Crippen LogP contribution in [0.1, 0.15) is 54.4 Å². The number of halogens is 1. The van der Waals surface area contributed by atoms with E-state index in [2.05, 4.69) is 139 Å². The zero-order valence-electron chi connectivity index (χ0n) is 27.2. The molecule has 4 aromatic rings. The molecule has 0 bridgehead atoms. The van der Waals surface area contributed by atoms with Gasteiger partial charge in [-0.3, -0.25) is 4.79 Å². The molecule has 1 aliphatic rings. The largest absolute Gasteiger partial charge is 0.469 e. The summed E-state index contributed by atoms with van der Waals surface area (Å²) in [6, 6.07) is 42.3. The zero-order chi connectivity index (χ0) is 32.0. The third kappa shape index (κ3) is 6.97. The summed E-state index contributed by atoms with van der Waals surface area (Å²) >= 11 is 7.21. The summed E-state index contributed by atoms with van der Waals surface area (Å²) in [5.41, 5.74) is 0. The van der Waals surface area contributed by atoms with Gasteiger partial charge in [-0.2, -0.15) is 11.1 Å². The fourth-order valence-corrected chi connectivity index (χ4v) is 15.2. The van der Waals surface area contributed by atoms with E-state index >= 15 is 0 Å². The summed E-state index contributed by atoms with van der Waals surface area (Å²) in [5.74, 6) is -0.143. The fraction of sp³-hybridized carbons (Fsp3) is 0.342. The molecular formula is C38H47ClO3Si2. The second-order valence-electron chi connectivity index (χ2n) is 13.7. The Morgan fingerprint density at radius 1 is 0.614 bits per heavy atom. The lowest BCUT2D eigenvalue weighted by atomic mass is 9.83. The van der Waals surface area contributed by atoms with Gasteiger partial charge in [0.1, 0.15) is 0 Å². The van der Waals surface area contributed by atoms with Crippen molar-refractivity contribution in [3.05, 3.63) is 121 Å². The molecule has 232 valence electrons. The highest BCUT2D eigenvalue weighted by Crippen LogP contribution is 2.42. The summed E-state index contributed by atoms with van der Waals surface area (Å²) in [6.45, 7) is 13.5. The highest BCUT2D eigenvalue weighted by molar-refractivity contribution is 7.35. The normalized spacial score (nSPS) is 17.1. The topological polar surface area (TPSA) is 35.5 Å². The molecule has 4 aromatic carbocycles. The van der Waals surface area contributed by atoms with Crippen molar-refractivity contribution in [2.45, 2.75) is 70.6 Å². The van der Waals surface area contributed by atoms with Gasteiger partial charge in [-0.25, -0.2) is 0 Å². The molecule has 0 radical (unpaired) electrons. The molecular weight excluding hydrogens is 596 g/mol. The first kappa shape index (κ1) is 33.9. The van der Waals surface area contributed by atoms with Crippen LogP contribution in [0.2, 0.25) is 10.1 Å². The van der Waals surface area contributed by atoms with Crippen molar-refractivity contribution in [3.63, 3.8) is 0 Å². The molecule has 5 rings (SSSR count). The van der Waals surface area contributed by atoms with Gasteiger partial charge in [0.2, 0.25) is 7.38 Å². The Balaban J connectivity index is 0.000000215. The standard InChI is InChI=1S/C22H28O3Si.C16H19ClSi/c1-22(2,3)26(19-11-7-5-8-12-19,20-13-9-6-10-14-20)25-18-15-17(16-18)21(23)24-4;1-16(2,3)18(17,14-10-6-4-7-11-14)15-12-8-5-9-13-15/h5-14,17-18H,15-16H2,1-4H3;4-13H,1-3H3. The van der Waals surface area contributed by atoms with E-state index in [1.807, 2.05) is 24.3 Å². The predicted molar refractivity (Wildman–Crippen MR) is 191 cm³/mol. The molecule has 6 heteroatoms. The number of benzene rings is 4. The van der Waals surface area contributed by atoms with Crippen molar-refractivity contribution in [1.82, 2.24) is 0 Å². The van der Waals surface area contributed by atoms with Gasteiger partial charge in [-0.15, -0.1) is 0 Å². The van der Waals surface area contributed by atoms with Crippen molar-refractivity contribution in [1.29, 1.82) is 0 Å². The zero-order valence-corrected chi connectivity index (χ0v) is 30.0. The minimum absolute atomic E-state index is 0.0248. The van der Waals surface area contributed by atoms with E-state index in [9.17, 15) is 4.79 Å². The van der Waals surface area contributed by atoms with Crippen molar-refractivity contribution in [3.8, 4) is 0 Å². The quantitative estimate of drug-likeness (QED) is 0.121. The Morgan fingerprint density at radius 3 is 1.25 bits per heavy atom. The maximum atomic E-state index is 11.8. The minimum Gasteiger partial charge on any atom is -0.469 e. The third-order valence-corrected chi connectivity index (χ3v) is 21.2. The molecule has 44 heavy (non-hydrogen) atoms. The number of hydrogen-bond donors (Lipinski definition) is 0. The van der Waals surface area contributed by atoms with Crippen molar-refractivity contribution < 1.29 is 14.0 Å². The van der Waals surface area contributed by atoms with Crippen LogP contribution in [-0.4, -0.2) is 34.9 Å². The first-order valence-electron chi connectivity index (χ1n) is 15.5. The van der Waals surface area contributed by atoms with E-state index in [4.69, 9.17) is 20.2 Å². The van der Waals surface area contributed by atoms with E-state index in [0.29, 0.717) is 0 Å². The van der Waals surface area contributed by atoms with Gasteiger partial charge >= 0.3 is 5.97 Å². The van der Waals surface area contributed by atoms with Crippen molar-refractivity contribution >= 4 is 53.5 Å². The van der Waals surface area contributed by atoms with Gasteiger partial charge in [-0.1, -0.05) is 163 Å². The van der Waals surface area contributed by atoms with Gasteiger partial charge in [0.15, 0.2) is 0 Å². The molecule has 1 aliphatic carbocycles. The second kappa shape index (κ2) is 14.0. The Bertz CT molecular complexity index is 1380. The summed E-state index contributed by atoms with van der Waals surface area (Å²) in [6.07, 6.45) is 1.60. The van der Waals surface area contributed by atoms with Crippen LogP contribution in [0.15, 0.2) is 121 Å². The number of hydrogen-bond acceptors (Lipinski definition) is 3. The lowest BCUT2D eigenvalue weighted by Gasteiger charge is -2.48. The number of methoxy groups -OCH3 is 1. The van der Waals surface area contributed by atoms with E-state index < -0.39 is 15.7 Å². The molecule has 1 fully saturated rings. The maximum Gasteiger partial charge on any atom is 0.308 e. The van der Waals surface area contributed by atoms with Crippen LogP contribution >= 0.6 is 11.1 Å². The Kier molecular flexibility index (Phi) is 10.8. The predicted octanol–water partition coefficient (Wildman–Crippen LogP) is 7.30. The van der Waals surface area contributed by atoms with Crippen LogP contribution in [0.25, 0.3) is 0 Å². The van der Waals surface area contributed by atoms with Gasteiger partial charge in [0, 0.05) is 6.10 Å². The van der Waals surface area contributed by atoms with Crippen molar-refractivity contribution in [2.24, 2.45) is 5.92 Å². The van der Waals surface area contributed by atoms with Crippen LogP contribution in [0.4, 0.5) is 0 Å². The van der Waals surface area contributed by atoms with Crippen LogP contribution in [0, 0.1) is 5.92 Å². The molecule has 1 saturated carbocycles. The molecule has 0 atom stereocenters. The van der Waals surface area contributed by atoms with Gasteiger partial charge < -0.3 is 9.16 Å². The van der Waals surface area contributed by atoms with Crippen LogP contribution in [0.5, 0.6) is 0 Å². The van der Waals surface area contributed by atoms with Gasteiger partial charge in [-0.05, 0) is 43.7 Å². The first-order chi connectivity index (χ1) is 20.8. The lowest BCUT2D eigenvalue weighted by Crippen LogP contribution is -2.68. The van der Waals surface area contributed by atoms with E-state index in [-0.39, 0.29) is 28.1 Å². The average Bonchev–Trinajstić information content (AvgIpc) is 3.01.